The van der Waals surface area contributed by atoms with Crippen LogP contribution in [-0.2, 0) is 4.79 Å². The van der Waals surface area contributed by atoms with Crippen LogP contribution in [-0.4, -0.2) is 26.5 Å². The molecule has 0 spiro atoms. The zero-order valence-electron chi connectivity index (χ0n) is 10.2. The quantitative estimate of drug-likeness (QED) is 0.858. The Morgan fingerprint density at radius 3 is 2.72 bits per heavy atom. The molecule has 5 heteroatoms. The molecule has 1 heterocycles. The fourth-order valence-corrected chi connectivity index (χ4v) is 2.74. The number of thioether (sulfide) groups is 1. The maximum Gasteiger partial charge on any atom is 0.317 e. The molecule has 0 saturated carbocycles. The van der Waals surface area contributed by atoms with E-state index < -0.39 is 11.2 Å². The van der Waals surface area contributed by atoms with Gasteiger partial charge in [0.2, 0.25) is 0 Å². The second-order valence-electron chi connectivity index (χ2n) is 4.35. The van der Waals surface area contributed by atoms with Gasteiger partial charge in [-0.25, -0.2) is 0 Å². The Hall–Kier alpha value is -1.62. The zero-order chi connectivity index (χ0) is 13.1. The molecule has 0 saturated heterocycles. The third kappa shape index (κ3) is 2.61. The molecular formula is C13H14N2O2S. The second kappa shape index (κ2) is 5.35. The van der Waals surface area contributed by atoms with Crippen molar-refractivity contribution in [3.63, 3.8) is 0 Å². The highest BCUT2D eigenvalue weighted by atomic mass is 32.2. The lowest BCUT2D eigenvalue weighted by atomic mass is 10.1. The number of hydrogen-bond donors (Lipinski definition) is 1. The molecule has 18 heavy (non-hydrogen) atoms. The van der Waals surface area contributed by atoms with Crippen molar-refractivity contribution >= 4 is 28.6 Å². The average Bonchev–Trinajstić information content (AvgIpc) is 2.35. The lowest BCUT2D eigenvalue weighted by Gasteiger charge is -2.16. The van der Waals surface area contributed by atoms with Gasteiger partial charge in [-0.2, -0.15) is 10.2 Å². The summed E-state index contributed by atoms with van der Waals surface area (Å²) in [5.74, 6) is -0.740. The van der Waals surface area contributed by atoms with Gasteiger partial charge in [0.05, 0.1) is 11.7 Å². The Kier molecular flexibility index (Phi) is 3.81. The molecule has 1 aromatic heterocycles. The monoisotopic (exact) mass is 262 g/mol. The van der Waals surface area contributed by atoms with Crippen LogP contribution in [0.25, 0.3) is 10.9 Å². The average molecular weight is 262 g/mol. The molecule has 0 aliphatic rings. The predicted octanol–water partition coefficient (Wildman–Crippen LogP) is 2.83. The Bertz CT molecular complexity index is 566. The number of nitrogens with zero attached hydrogens (tertiary/aromatic N) is 2. The van der Waals surface area contributed by atoms with Crippen molar-refractivity contribution in [1.29, 1.82) is 0 Å². The van der Waals surface area contributed by atoms with E-state index in [1.54, 1.807) is 6.20 Å². The molecule has 0 fully saturated rings. The maximum absolute atomic E-state index is 11.2. The van der Waals surface area contributed by atoms with E-state index in [2.05, 4.69) is 10.2 Å². The lowest BCUT2D eigenvalue weighted by Crippen LogP contribution is -2.22. The van der Waals surface area contributed by atoms with Crippen LogP contribution < -0.4 is 0 Å². The summed E-state index contributed by atoms with van der Waals surface area (Å²) in [5, 5.41) is 17.6. The van der Waals surface area contributed by atoms with Crippen molar-refractivity contribution in [2.45, 2.75) is 24.0 Å². The van der Waals surface area contributed by atoms with Gasteiger partial charge in [-0.3, -0.25) is 4.79 Å². The number of rotatable bonds is 4. The first-order valence-corrected chi connectivity index (χ1v) is 6.57. The van der Waals surface area contributed by atoms with E-state index in [-0.39, 0.29) is 5.92 Å². The highest BCUT2D eigenvalue weighted by Gasteiger charge is 2.23. The number of benzene rings is 1. The Morgan fingerprint density at radius 2 is 2.06 bits per heavy atom. The zero-order valence-corrected chi connectivity index (χ0v) is 11.0. The van der Waals surface area contributed by atoms with Crippen LogP contribution in [0.1, 0.15) is 13.8 Å². The van der Waals surface area contributed by atoms with Crippen molar-refractivity contribution in [3.8, 4) is 0 Å². The van der Waals surface area contributed by atoms with E-state index >= 15 is 0 Å². The SMILES string of the molecule is CC(C)C(Sc1cnnc2ccccc12)C(=O)O. The van der Waals surface area contributed by atoms with Gasteiger partial charge in [-0.05, 0) is 12.0 Å². The highest BCUT2D eigenvalue weighted by molar-refractivity contribution is 8.00. The van der Waals surface area contributed by atoms with E-state index in [0.29, 0.717) is 0 Å². The molecule has 1 aromatic carbocycles. The van der Waals surface area contributed by atoms with Crippen molar-refractivity contribution in [3.05, 3.63) is 30.5 Å². The lowest BCUT2D eigenvalue weighted by molar-refractivity contribution is -0.137. The summed E-state index contributed by atoms with van der Waals surface area (Å²) in [6.45, 7) is 3.81. The first kappa shape index (κ1) is 12.8. The molecule has 1 atom stereocenters. The van der Waals surface area contributed by atoms with Gasteiger partial charge in [0, 0.05) is 10.3 Å². The van der Waals surface area contributed by atoms with Crippen molar-refractivity contribution in [1.82, 2.24) is 10.2 Å². The topological polar surface area (TPSA) is 63.1 Å². The number of carbonyl (C=O) groups is 1. The van der Waals surface area contributed by atoms with Crippen LogP contribution in [0.2, 0.25) is 0 Å². The molecule has 0 amide bonds. The van der Waals surface area contributed by atoms with Gasteiger partial charge in [0.15, 0.2) is 0 Å². The number of aromatic nitrogens is 2. The summed E-state index contributed by atoms with van der Waals surface area (Å²) in [7, 11) is 0. The molecule has 0 aliphatic carbocycles. The van der Waals surface area contributed by atoms with Crippen LogP contribution in [0.15, 0.2) is 35.4 Å². The third-order valence-electron chi connectivity index (χ3n) is 2.61. The third-order valence-corrected chi connectivity index (χ3v) is 4.19. The highest BCUT2D eigenvalue weighted by Crippen LogP contribution is 2.32. The summed E-state index contributed by atoms with van der Waals surface area (Å²) in [6, 6.07) is 7.62. The molecule has 4 nitrogen and oxygen atoms in total. The predicted molar refractivity (Wildman–Crippen MR) is 71.7 cm³/mol. The van der Waals surface area contributed by atoms with Crippen LogP contribution in [0.3, 0.4) is 0 Å². The van der Waals surface area contributed by atoms with E-state index in [1.165, 1.54) is 11.8 Å². The largest absolute Gasteiger partial charge is 0.480 e. The summed E-state index contributed by atoms with van der Waals surface area (Å²) in [6.07, 6.45) is 1.63. The minimum absolute atomic E-state index is 0.0550. The van der Waals surface area contributed by atoms with Crippen LogP contribution in [0.4, 0.5) is 0 Å². The summed E-state index contributed by atoms with van der Waals surface area (Å²) in [5.41, 5.74) is 0.787. The fourth-order valence-electron chi connectivity index (χ4n) is 1.68. The van der Waals surface area contributed by atoms with Crippen LogP contribution >= 0.6 is 11.8 Å². The standard InChI is InChI=1S/C13H14N2O2S/c1-8(2)12(13(16)17)18-11-7-14-15-10-6-4-3-5-9(10)11/h3-8,12H,1-2H3,(H,16,17). The number of carboxylic acids is 1. The van der Waals surface area contributed by atoms with Crippen molar-refractivity contribution in [2.75, 3.05) is 0 Å². The normalized spacial score (nSPS) is 12.8. The molecular weight excluding hydrogens is 248 g/mol. The van der Waals surface area contributed by atoms with Gasteiger partial charge in [0.25, 0.3) is 0 Å². The molecule has 0 radical (unpaired) electrons. The molecule has 1 N–H and O–H groups in total. The van der Waals surface area contributed by atoms with Crippen molar-refractivity contribution in [2.24, 2.45) is 5.92 Å². The van der Waals surface area contributed by atoms with Gasteiger partial charge in [0.1, 0.15) is 5.25 Å². The Balaban J connectivity index is 2.39. The molecule has 1 unspecified atom stereocenters. The Morgan fingerprint density at radius 1 is 1.33 bits per heavy atom. The minimum Gasteiger partial charge on any atom is -0.480 e. The summed E-state index contributed by atoms with van der Waals surface area (Å²) >= 11 is 1.33. The first-order valence-electron chi connectivity index (χ1n) is 5.69. The van der Waals surface area contributed by atoms with E-state index in [0.717, 1.165) is 15.8 Å². The number of carboxylic acid groups (broad SMARTS) is 1. The molecule has 0 aliphatic heterocycles. The molecule has 0 bridgehead atoms. The number of fused-ring (bicyclic) bond motifs is 1. The van der Waals surface area contributed by atoms with E-state index in [4.69, 9.17) is 0 Å². The van der Waals surface area contributed by atoms with Gasteiger partial charge < -0.3 is 5.11 Å². The van der Waals surface area contributed by atoms with Crippen LogP contribution in [0.5, 0.6) is 0 Å². The van der Waals surface area contributed by atoms with Gasteiger partial charge >= 0.3 is 5.97 Å². The summed E-state index contributed by atoms with van der Waals surface area (Å²) < 4.78 is 0. The minimum atomic E-state index is -0.795. The molecule has 94 valence electrons. The van der Waals surface area contributed by atoms with Crippen molar-refractivity contribution < 1.29 is 9.90 Å². The number of hydrogen-bond acceptors (Lipinski definition) is 4. The van der Waals surface area contributed by atoms with E-state index in [1.807, 2.05) is 38.1 Å². The maximum atomic E-state index is 11.2. The van der Waals surface area contributed by atoms with Crippen LogP contribution in [0, 0.1) is 5.92 Å². The molecule has 2 aromatic rings. The fraction of sp³-hybridized carbons (Fsp3) is 0.308. The van der Waals surface area contributed by atoms with E-state index in [9.17, 15) is 9.90 Å². The molecule has 2 rings (SSSR count). The number of aliphatic carboxylic acids is 1. The smallest absolute Gasteiger partial charge is 0.317 e. The van der Waals surface area contributed by atoms with Gasteiger partial charge in [-0.15, -0.1) is 11.8 Å². The summed E-state index contributed by atoms with van der Waals surface area (Å²) in [4.78, 5) is 12.1. The first-order chi connectivity index (χ1) is 8.59. The van der Waals surface area contributed by atoms with Gasteiger partial charge in [-0.1, -0.05) is 32.0 Å². The second-order valence-corrected chi connectivity index (χ2v) is 5.53. The Labute approximate surface area is 109 Å².